The van der Waals surface area contributed by atoms with Crippen LogP contribution in [0.15, 0.2) is 18.3 Å². The molecule has 0 bridgehead atoms. The van der Waals surface area contributed by atoms with E-state index < -0.39 is 5.97 Å². The molecule has 0 aliphatic carbocycles. The van der Waals surface area contributed by atoms with Crippen LogP contribution in [-0.2, 0) is 11.3 Å². The topological polar surface area (TPSA) is 69.9 Å². The van der Waals surface area contributed by atoms with Crippen molar-refractivity contribution in [3.05, 3.63) is 40.4 Å². The van der Waals surface area contributed by atoms with Crippen LogP contribution in [0.1, 0.15) is 28.7 Å². The van der Waals surface area contributed by atoms with Crippen LogP contribution in [0, 0.1) is 6.92 Å². The summed E-state index contributed by atoms with van der Waals surface area (Å²) in [4.78, 5) is 15.6. The van der Waals surface area contributed by atoms with E-state index in [4.69, 9.17) is 16.3 Å². The van der Waals surface area contributed by atoms with Crippen LogP contribution in [0.25, 0.3) is 0 Å². The largest absolute Gasteiger partial charge is 0.461 e. The van der Waals surface area contributed by atoms with Gasteiger partial charge in [0.05, 0.1) is 18.8 Å². The number of carbonyl (C=O) groups is 1. The summed E-state index contributed by atoms with van der Waals surface area (Å²) in [7, 11) is 0. The Kier molecular flexibility index (Phi) is 4.11. The molecule has 0 aromatic carbocycles. The van der Waals surface area contributed by atoms with Crippen LogP contribution < -0.4 is 0 Å². The fourth-order valence-corrected chi connectivity index (χ4v) is 1.68. The maximum atomic E-state index is 11.6. The second-order valence-corrected chi connectivity index (χ2v) is 4.28. The van der Waals surface area contributed by atoms with E-state index in [9.17, 15) is 4.79 Å². The number of carbonyl (C=O) groups excluding carboxylic acids is 1. The number of esters is 1. The molecule has 0 atom stereocenters. The second kappa shape index (κ2) is 5.79. The summed E-state index contributed by atoms with van der Waals surface area (Å²) in [5, 5.41) is 8.22. The zero-order valence-electron chi connectivity index (χ0n) is 10.6. The summed E-state index contributed by atoms with van der Waals surface area (Å²) < 4.78 is 6.53. The van der Waals surface area contributed by atoms with Gasteiger partial charge >= 0.3 is 5.97 Å². The van der Waals surface area contributed by atoms with Gasteiger partial charge in [0.25, 0.3) is 0 Å². The minimum absolute atomic E-state index is 0.240. The summed E-state index contributed by atoms with van der Waals surface area (Å²) in [5.41, 5.74) is 1.82. The van der Waals surface area contributed by atoms with Gasteiger partial charge in [-0.05, 0) is 25.5 Å². The van der Waals surface area contributed by atoms with E-state index in [-0.39, 0.29) is 5.69 Å². The highest BCUT2D eigenvalue weighted by atomic mass is 35.5. The van der Waals surface area contributed by atoms with Gasteiger partial charge in [-0.2, -0.15) is 0 Å². The van der Waals surface area contributed by atoms with Gasteiger partial charge in [0.2, 0.25) is 0 Å². The Labute approximate surface area is 115 Å². The van der Waals surface area contributed by atoms with E-state index in [0.717, 1.165) is 5.56 Å². The van der Waals surface area contributed by atoms with Gasteiger partial charge in [-0.25, -0.2) is 14.5 Å². The highest BCUT2D eigenvalue weighted by molar-refractivity contribution is 6.29. The van der Waals surface area contributed by atoms with Gasteiger partial charge in [0, 0.05) is 6.20 Å². The maximum Gasteiger partial charge on any atom is 0.360 e. The molecule has 0 unspecified atom stereocenters. The summed E-state index contributed by atoms with van der Waals surface area (Å²) in [6.07, 6.45) is 1.66. The first-order chi connectivity index (χ1) is 9.11. The molecule has 0 radical (unpaired) electrons. The molecule has 0 N–H and O–H groups in total. The molecule has 100 valence electrons. The quantitative estimate of drug-likeness (QED) is 0.631. The predicted molar refractivity (Wildman–Crippen MR) is 69.1 cm³/mol. The number of hydrogen-bond donors (Lipinski definition) is 0. The van der Waals surface area contributed by atoms with Crippen molar-refractivity contribution in [2.24, 2.45) is 0 Å². The first-order valence-corrected chi connectivity index (χ1v) is 6.17. The van der Waals surface area contributed by atoms with E-state index >= 15 is 0 Å². The third kappa shape index (κ3) is 3.08. The first-order valence-electron chi connectivity index (χ1n) is 5.79. The normalized spacial score (nSPS) is 10.5. The monoisotopic (exact) mass is 280 g/mol. The van der Waals surface area contributed by atoms with Crippen LogP contribution in [0.4, 0.5) is 0 Å². The molecule has 2 rings (SSSR count). The minimum Gasteiger partial charge on any atom is -0.461 e. The number of aromatic nitrogens is 4. The molecule has 7 heteroatoms. The fraction of sp³-hybridized carbons (Fsp3) is 0.333. The van der Waals surface area contributed by atoms with E-state index in [2.05, 4.69) is 15.3 Å². The summed E-state index contributed by atoms with van der Waals surface area (Å²) in [6, 6.07) is 3.55. The van der Waals surface area contributed by atoms with Crippen molar-refractivity contribution in [3.8, 4) is 0 Å². The Bertz CT molecular complexity index is 580. The third-order valence-electron chi connectivity index (χ3n) is 2.57. The van der Waals surface area contributed by atoms with Crippen LogP contribution in [0.5, 0.6) is 0 Å². The fourth-order valence-electron chi connectivity index (χ4n) is 1.57. The summed E-state index contributed by atoms with van der Waals surface area (Å²) in [6.45, 7) is 4.31. The average molecular weight is 281 g/mol. The first kappa shape index (κ1) is 13.5. The van der Waals surface area contributed by atoms with Gasteiger partial charge in [0.15, 0.2) is 5.69 Å². The molecular formula is C12H13ClN4O2. The SMILES string of the molecule is CCOC(=O)c1nnn(Cc2ccc(Cl)nc2)c1C. The predicted octanol–water partition coefficient (Wildman–Crippen LogP) is 1.86. The molecule has 2 aromatic rings. The molecule has 0 aliphatic rings. The van der Waals surface area contributed by atoms with Gasteiger partial charge in [-0.15, -0.1) is 5.10 Å². The number of ether oxygens (including phenoxy) is 1. The summed E-state index contributed by atoms with van der Waals surface area (Å²) in [5.74, 6) is -0.458. The molecule has 0 saturated heterocycles. The van der Waals surface area contributed by atoms with E-state index in [0.29, 0.717) is 24.0 Å². The average Bonchev–Trinajstić information content (AvgIpc) is 2.74. The maximum absolute atomic E-state index is 11.6. The number of rotatable bonds is 4. The lowest BCUT2D eigenvalue weighted by atomic mass is 10.3. The van der Waals surface area contributed by atoms with Gasteiger partial charge in [-0.1, -0.05) is 22.9 Å². The van der Waals surface area contributed by atoms with Crippen molar-refractivity contribution >= 4 is 17.6 Å². The summed E-state index contributed by atoms with van der Waals surface area (Å²) >= 11 is 5.72. The van der Waals surface area contributed by atoms with Crippen molar-refractivity contribution in [1.82, 2.24) is 20.0 Å². The Hall–Kier alpha value is -1.95. The van der Waals surface area contributed by atoms with Gasteiger partial charge in [0.1, 0.15) is 5.15 Å². The standard InChI is InChI=1S/C12H13ClN4O2/c1-3-19-12(18)11-8(2)17(16-15-11)7-9-4-5-10(13)14-6-9/h4-6H,3,7H2,1-2H3. The van der Waals surface area contributed by atoms with Crippen molar-refractivity contribution in [1.29, 1.82) is 0 Å². The Morgan fingerprint density at radius 1 is 1.47 bits per heavy atom. The number of halogens is 1. The second-order valence-electron chi connectivity index (χ2n) is 3.89. The Morgan fingerprint density at radius 3 is 2.89 bits per heavy atom. The van der Waals surface area contributed by atoms with Gasteiger partial charge in [-0.3, -0.25) is 0 Å². The highest BCUT2D eigenvalue weighted by Gasteiger charge is 2.17. The van der Waals surface area contributed by atoms with Crippen LogP contribution in [-0.4, -0.2) is 32.6 Å². The Balaban J connectivity index is 2.18. The molecule has 0 amide bonds. The van der Waals surface area contributed by atoms with Crippen molar-refractivity contribution < 1.29 is 9.53 Å². The van der Waals surface area contributed by atoms with Crippen LogP contribution >= 0.6 is 11.6 Å². The Morgan fingerprint density at radius 2 is 2.26 bits per heavy atom. The minimum atomic E-state index is -0.458. The lowest BCUT2D eigenvalue weighted by Crippen LogP contribution is -2.09. The number of hydrogen-bond acceptors (Lipinski definition) is 5. The smallest absolute Gasteiger partial charge is 0.360 e. The highest BCUT2D eigenvalue weighted by Crippen LogP contribution is 2.10. The molecule has 19 heavy (non-hydrogen) atoms. The number of pyridine rings is 1. The van der Waals surface area contributed by atoms with Gasteiger partial charge < -0.3 is 4.74 Å². The van der Waals surface area contributed by atoms with Crippen molar-refractivity contribution in [3.63, 3.8) is 0 Å². The lowest BCUT2D eigenvalue weighted by Gasteiger charge is -2.03. The molecule has 0 aliphatic heterocycles. The molecule has 0 saturated carbocycles. The molecule has 0 fully saturated rings. The van der Waals surface area contributed by atoms with Crippen molar-refractivity contribution in [2.75, 3.05) is 6.61 Å². The van der Waals surface area contributed by atoms with Crippen LogP contribution in [0.2, 0.25) is 5.15 Å². The molecule has 6 nitrogen and oxygen atoms in total. The zero-order valence-corrected chi connectivity index (χ0v) is 11.4. The molecular weight excluding hydrogens is 268 g/mol. The van der Waals surface area contributed by atoms with Crippen LogP contribution in [0.3, 0.4) is 0 Å². The lowest BCUT2D eigenvalue weighted by molar-refractivity contribution is 0.0518. The molecule has 2 heterocycles. The van der Waals surface area contributed by atoms with Crippen molar-refractivity contribution in [2.45, 2.75) is 20.4 Å². The third-order valence-corrected chi connectivity index (χ3v) is 2.80. The van der Waals surface area contributed by atoms with E-state index in [1.54, 1.807) is 30.8 Å². The molecule has 2 aromatic heterocycles. The number of nitrogens with zero attached hydrogens (tertiary/aromatic N) is 4. The van der Waals surface area contributed by atoms with E-state index in [1.165, 1.54) is 0 Å². The zero-order chi connectivity index (χ0) is 13.8. The van der Waals surface area contributed by atoms with E-state index in [1.807, 2.05) is 6.07 Å². The molecule has 0 spiro atoms.